The molecule has 1 aliphatic rings. The van der Waals surface area contributed by atoms with Crippen molar-refractivity contribution in [3.63, 3.8) is 0 Å². The molecule has 0 atom stereocenters. The molecule has 0 aliphatic heterocycles. The van der Waals surface area contributed by atoms with Crippen molar-refractivity contribution in [2.45, 2.75) is 78.2 Å². The first-order valence-corrected chi connectivity index (χ1v) is 17.6. The van der Waals surface area contributed by atoms with E-state index < -0.39 is 20.0 Å². The third-order valence-electron chi connectivity index (χ3n) is 4.48. The van der Waals surface area contributed by atoms with Crippen molar-refractivity contribution in [3.8, 4) is 0 Å². The molecule has 0 aromatic rings. The average molecular weight is 415 g/mol. The van der Waals surface area contributed by atoms with Gasteiger partial charge in [-0.2, -0.15) is 0 Å². The molecular weight excluding hydrogens is 383 g/mol. The molecule has 0 saturated carbocycles. The molecule has 0 amide bonds. The number of hydrogen-bond acceptors (Lipinski definition) is 0. The first-order valence-electron chi connectivity index (χ1n) is 8.15. The summed E-state index contributed by atoms with van der Waals surface area (Å²) in [5.74, 6) is 0. The maximum absolute atomic E-state index is 2.52. The quantitative estimate of drug-likeness (QED) is 0.351. The van der Waals surface area contributed by atoms with Crippen LogP contribution < -0.4 is 0 Å². The summed E-state index contributed by atoms with van der Waals surface area (Å²) < 4.78 is 6.86. The van der Waals surface area contributed by atoms with Crippen molar-refractivity contribution in [1.82, 2.24) is 0 Å². The summed E-state index contributed by atoms with van der Waals surface area (Å²) in [7, 11) is 0. The van der Waals surface area contributed by atoms with Crippen LogP contribution in [0.2, 0.25) is 12.5 Å². The van der Waals surface area contributed by atoms with E-state index in [1.165, 1.54) is 44.9 Å². The van der Waals surface area contributed by atoms with Crippen LogP contribution in [0, 0.1) is 0 Å². The number of allylic oxidation sites excluding steroid dienone is 4. The molecule has 0 fully saturated rings. The summed E-state index contributed by atoms with van der Waals surface area (Å²) in [6.45, 7) is 7.08. The molecular formula is C17H32Hf. The molecule has 0 nitrogen and oxygen atoms in total. The zero-order valence-corrected chi connectivity index (χ0v) is 16.4. The first kappa shape index (κ1) is 16.4. The maximum atomic E-state index is 2.52. The Morgan fingerprint density at radius 3 is 1.72 bits per heavy atom. The second-order valence-corrected chi connectivity index (χ2v) is 22.8. The van der Waals surface area contributed by atoms with Crippen LogP contribution in [0.5, 0.6) is 0 Å². The normalized spacial score (nSPS) is 15.2. The minimum atomic E-state index is -2.12. The molecule has 1 aliphatic carbocycles. The van der Waals surface area contributed by atoms with Crippen molar-refractivity contribution in [2.75, 3.05) is 0 Å². The molecule has 0 spiro atoms. The minimum absolute atomic E-state index is 1.32. The summed E-state index contributed by atoms with van der Waals surface area (Å²) in [6, 6.07) is 0. The molecule has 18 heavy (non-hydrogen) atoms. The van der Waals surface area contributed by atoms with Crippen LogP contribution in [0.3, 0.4) is 0 Å². The van der Waals surface area contributed by atoms with Gasteiger partial charge >= 0.3 is 120 Å². The van der Waals surface area contributed by atoms with Crippen molar-refractivity contribution in [2.24, 2.45) is 0 Å². The van der Waals surface area contributed by atoms with Gasteiger partial charge in [0, 0.05) is 0 Å². The molecule has 0 N–H and O–H groups in total. The second-order valence-electron chi connectivity index (χ2n) is 5.92. The van der Waals surface area contributed by atoms with E-state index in [-0.39, 0.29) is 0 Å². The van der Waals surface area contributed by atoms with Gasteiger partial charge in [-0.05, 0) is 0 Å². The predicted octanol–water partition coefficient (Wildman–Crippen LogP) is 6.64. The van der Waals surface area contributed by atoms with E-state index >= 15 is 0 Å². The van der Waals surface area contributed by atoms with Crippen LogP contribution in [0.1, 0.15) is 65.7 Å². The zero-order chi connectivity index (χ0) is 13.3. The van der Waals surface area contributed by atoms with Crippen molar-refractivity contribution < 1.29 is 20.0 Å². The van der Waals surface area contributed by atoms with Crippen molar-refractivity contribution >= 4 is 0 Å². The Morgan fingerprint density at radius 2 is 1.39 bits per heavy atom. The van der Waals surface area contributed by atoms with E-state index in [0.29, 0.717) is 0 Å². The Kier molecular flexibility index (Phi) is 8.46. The summed E-state index contributed by atoms with van der Waals surface area (Å²) in [5, 5.41) is 0. The van der Waals surface area contributed by atoms with E-state index in [0.717, 1.165) is 0 Å². The number of unbranched alkanes of at least 4 members (excludes halogenated alkanes) is 3. The van der Waals surface area contributed by atoms with E-state index in [4.69, 9.17) is 0 Å². The van der Waals surface area contributed by atoms with Gasteiger partial charge in [-0.1, -0.05) is 0 Å². The monoisotopic (exact) mass is 416 g/mol. The molecule has 104 valence electrons. The van der Waals surface area contributed by atoms with Crippen LogP contribution >= 0.6 is 0 Å². The third-order valence-corrected chi connectivity index (χ3v) is 24.8. The van der Waals surface area contributed by atoms with Crippen molar-refractivity contribution in [1.29, 1.82) is 0 Å². The fraction of sp³-hybridized carbons (Fsp3) is 0.765. The van der Waals surface area contributed by atoms with Gasteiger partial charge in [-0.3, -0.25) is 0 Å². The molecule has 0 aromatic heterocycles. The molecule has 0 unspecified atom stereocenters. The van der Waals surface area contributed by atoms with Gasteiger partial charge in [0.2, 0.25) is 0 Å². The third kappa shape index (κ3) is 4.79. The summed E-state index contributed by atoms with van der Waals surface area (Å²) >= 11 is -2.12. The van der Waals surface area contributed by atoms with E-state index in [2.05, 4.69) is 39.0 Å². The van der Waals surface area contributed by atoms with Gasteiger partial charge in [0.15, 0.2) is 0 Å². The Morgan fingerprint density at radius 1 is 0.889 bits per heavy atom. The molecule has 0 radical (unpaired) electrons. The molecule has 1 rings (SSSR count). The molecule has 0 bridgehead atoms. The number of hydrogen-bond donors (Lipinski definition) is 0. The van der Waals surface area contributed by atoms with Crippen molar-refractivity contribution in [3.05, 3.63) is 21.6 Å². The molecule has 0 saturated heterocycles. The fourth-order valence-corrected chi connectivity index (χ4v) is 24.1. The summed E-state index contributed by atoms with van der Waals surface area (Å²) in [6.07, 6.45) is 17.2. The topological polar surface area (TPSA) is 0 Å². The van der Waals surface area contributed by atoms with Crippen LogP contribution in [0.4, 0.5) is 0 Å². The SMILES string of the molecule is CCC[CH2][Hf]([CH2]CCC)([CH2]CCC)[C]1=CC=CC1. The van der Waals surface area contributed by atoms with Gasteiger partial charge in [-0.15, -0.1) is 0 Å². The standard InChI is InChI=1S/C5H5.3C4H9.Hf/c1-2-4-5-3-1;3*1-3-4-2;/h1-3H,4H2;3*1,3-4H2,2H3;. The van der Waals surface area contributed by atoms with Gasteiger partial charge in [0.05, 0.1) is 0 Å². The van der Waals surface area contributed by atoms with Crippen LogP contribution in [0.25, 0.3) is 0 Å². The number of rotatable bonds is 10. The zero-order valence-electron chi connectivity index (χ0n) is 12.8. The predicted molar refractivity (Wildman–Crippen MR) is 81.0 cm³/mol. The van der Waals surface area contributed by atoms with Crippen LogP contribution in [-0.2, 0) is 20.0 Å². The van der Waals surface area contributed by atoms with Crippen LogP contribution in [-0.4, -0.2) is 0 Å². The van der Waals surface area contributed by atoms with Gasteiger partial charge in [0.25, 0.3) is 0 Å². The van der Waals surface area contributed by atoms with Gasteiger partial charge in [0.1, 0.15) is 0 Å². The second kappa shape index (κ2) is 9.29. The Balaban J connectivity index is 2.76. The summed E-state index contributed by atoms with van der Waals surface area (Å²) in [5.41, 5.74) is 0. The Labute approximate surface area is 119 Å². The van der Waals surface area contributed by atoms with E-state index in [1.54, 1.807) is 12.5 Å². The molecule has 1 heteroatoms. The van der Waals surface area contributed by atoms with E-state index in [1.807, 2.05) is 3.33 Å². The Bertz CT molecular complexity index is 254. The Hall–Kier alpha value is 0.350. The van der Waals surface area contributed by atoms with Crippen LogP contribution in [0.15, 0.2) is 21.6 Å². The van der Waals surface area contributed by atoms with E-state index in [9.17, 15) is 0 Å². The summed E-state index contributed by atoms with van der Waals surface area (Å²) in [4.78, 5) is 0. The fourth-order valence-electron chi connectivity index (χ4n) is 3.24. The average Bonchev–Trinajstić information content (AvgIpc) is 2.93. The first-order chi connectivity index (χ1) is 8.79. The molecule has 0 aromatic carbocycles. The molecule has 0 heterocycles. The van der Waals surface area contributed by atoms with Gasteiger partial charge < -0.3 is 0 Å². The van der Waals surface area contributed by atoms with Gasteiger partial charge in [-0.25, -0.2) is 0 Å².